The van der Waals surface area contributed by atoms with E-state index in [4.69, 9.17) is 17.3 Å². The Bertz CT molecular complexity index is 1340. The molecule has 39 heavy (non-hydrogen) atoms. The number of benzene rings is 1. The smallest absolute Gasteiger partial charge is 0.255 e. The molecule has 0 radical (unpaired) electrons. The van der Waals surface area contributed by atoms with Crippen LogP contribution in [0, 0.1) is 11.8 Å². The molecule has 1 saturated heterocycles. The third kappa shape index (κ3) is 3.91. The van der Waals surface area contributed by atoms with Crippen molar-refractivity contribution < 1.29 is 34.8 Å². The summed E-state index contributed by atoms with van der Waals surface area (Å²) in [6.45, 7) is 3.96. The van der Waals surface area contributed by atoms with E-state index in [0.717, 1.165) is 44.3 Å². The van der Waals surface area contributed by atoms with Gasteiger partial charge in [0.2, 0.25) is 5.78 Å². The molecule has 1 saturated carbocycles. The van der Waals surface area contributed by atoms with Gasteiger partial charge in [-0.2, -0.15) is 0 Å². The Kier molecular flexibility index (Phi) is 7.03. The number of nitrogens with two attached hydrogens (primary N) is 1. The largest absolute Gasteiger partial charge is 0.508 e. The Hall–Kier alpha value is -2.92. The van der Waals surface area contributed by atoms with Gasteiger partial charge in [-0.25, -0.2) is 0 Å². The van der Waals surface area contributed by atoms with Gasteiger partial charge in [-0.3, -0.25) is 19.3 Å². The summed E-state index contributed by atoms with van der Waals surface area (Å²) in [6.07, 6.45) is 4.16. The quantitative estimate of drug-likeness (QED) is 0.285. The zero-order chi connectivity index (χ0) is 28.4. The monoisotopic (exact) mass is 559 g/mol. The second kappa shape index (κ2) is 9.92. The number of phenolic OH excluding ortho intramolecular Hbond substituents is 1. The number of hydrogen-bond donors (Lipinski definition) is 6. The second-order valence-corrected chi connectivity index (χ2v) is 11.4. The number of phenols is 1. The molecule has 11 heteroatoms. The summed E-state index contributed by atoms with van der Waals surface area (Å²) < 4.78 is 0. The zero-order valence-electron chi connectivity index (χ0n) is 22.0. The Labute approximate surface area is 231 Å². The minimum absolute atomic E-state index is 0.0131. The molecule has 1 aromatic rings. The number of amides is 1. The van der Waals surface area contributed by atoms with Gasteiger partial charge in [0, 0.05) is 22.6 Å². The number of unbranched alkanes of at least 4 members (excludes halogenated alkanes) is 1. The topological polar surface area (TPSA) is 173 Å². The molecular weight excluding hydrogens is 526 g/mol. The Morgan fingerprint density at radius 3 is 2.64 bits per heavy atom. The third-order valence-electron chi connectivity index (χ3n) is 8.99. The number of aliphatic hydroxyl groups excluding tert-OH is 2. The number of nitrogens with zero attached hydrogens (tertiary/aromatic N) is 1. The van der Waals surface area contributed by atoms with E-state index < -0.39 is 58.0 Å². The lowest BCUT2D eigenvalue weighted by atomic mass is 9.57. The summed E-state index contributed by atoms with van der Waals surface area (Å²) in [5.41, 5.74) is 2.89. The van der Waals surface area contributed by atoms with E-state index in [1.54, 1.807) is 0 Å². The van der Waals surface area contributed by atoms with Gasteiger partial charge in [0.05, 0.1) is 11.6 Å². The first-order valence-electron chi connectivity index (χ1n) is 13.4. The zero-order valence-corrected chi connectivity index (χ0v) is 22.7. The predicted molar refractivity (Wildman–Crippen MR) is 143 cm³/mol. The van der Waals surface area contributed by atoms with Crippen LogP contribution in [0.3, 0.4) is 0 Å². The van der Waals surface area contributed by atoms with Crippen LogP contribution in [0.15, 0.2) is 23.0 Å². The summed E-state index contributed by atoms with van der Waals surface area (Å²) in [5.74, 6) is -6.81. The lowest BCUT2D eigenvalue weighted by Crippen LogP contribution is -2.65. The fourth-order valence-corrected chi connectivity index (χ4v) is 7.48. The maximum Gasteiger partial charge on any atom is 0.255 e. The Morgan fingerprint density at radius 1 is 1.28 bits per heavy atom. The van der Waals surface area contributed by atoms with Crippen molar-refractivity contribution in [2.45, 2.75) is 63.1 Å². The molecule has 2 fully saturated rings. The molecule has 0 bridgehead atoms. The molecular formula is C28H34ClN3O7. The van der Waals surface area contributed by atoms with Crippen molar-refractivity contribution in [3.8, 4) is 5.75 Å². The minimum Gasteiger partial charge on any atom is -0.508 e. The first-order valence-corrected chi connectivity index (χ1v) is 13.8. The molecule has 1 unspecified atom stereocenters. The fourth-order valence-electron chi connectivity index (χ4n) is 7.12. The number of likely N-dealkylation sites (tertiary alicyclic amines) is 1. The molecule has 1 aliphatic heterocycles. The number of nitrogens with one attached hydrogen (secondary N) is 1. The maximum atomic E-state index is 13.8. The number of Topliss-reactive ketones (excluding diaryl/α,β-unsaturated/α-hetero) is 2. The lowest BCUT2D eigenvalue weighted by Gasteiger charge is -2.49. The van der Waals surface area contributed by atoms with E-state index >= 15 is 0 Å². The van der Waals surface area contributed by atoms with Crippen LogP contribution >= 0.6 is 11.6 Å². The number of aromatic hydroxyl groups is 1. The van der Waals surface area contributed by atoms with E-state index in [9.17, 15) is 34.8 Å². The van der Waals surface area contributed by atoms with Gasteiger partial charge in [-0.05, 0) is 75.4 Å². The number of rotatable bonds is 6. The van der Waals surface area contributed by atoms with Crippen molar-refractivity contribution in [1.29, 1.82) is 0 Å². The maximum absolute atomic E-state index is 13.8. The SMILES string of the molecule is CCCCN1CCCC1c1cc(O)c2c(c1Cl)C[C@H]1C[C@H]3[C@H](NC)C(=O)C(C(N)=O)=C(O)[C@@]3(O)C(=O)C1=C2O. The summed E-state index contributed by atoms with van der Waals surface area (Å²) in [7, 11) is 1.44. The van der Waals surface area contributed by atoms with Crippen molar-refractivity contribution in [2.24, 2.45) is 17.6 Å². The molecule has 0 spiro atoms. The van der Waals surface area contributed by atoms with Gasteiger partial charge in [0.1, 0.15) is 22.8 Å². The number of ketones is 2. The Balaban J connectivity index is 1.63. The first kappa shape index (κ1) is 27.6. The third-order valence-corrected chi connectivity index (χ3v) is 9.44. The highest BCUT2D eigenvalue weighted by molar-refractivity contribution is 6.33. The number of aliphatic hydroxyl groups is 3. The van der Waals surface area contributed by atoms with Crippen LogP contribution in [0.2, 0.25) is 5.02 Å². The highest BCUT2D eigenvalue weighted by Crippen LogP contribution is 2.54. The number of halogens is 1. The van der Waals surface area contributed by atoms with Crippen molar-refractivity contribution in [1.82, 2.24) is 10.2 Å². The van der Waals surface area contributed by atoms with Gasteiger partial charge in [0.25, 0.3) is 5.91 Å². The van der Waals surface area contributed by atoms with Crippen molar-refractivity contribution in [3.63, 3.8) is 0 Å². The summed E-state index contributed by atoms with van der Waals surface area (Å²) in [5, 5.41) is 48.0. The highest BCUT2D eigenvalue weighted by atomic mass is 35.5. The van der Waals surface area contributed by atoms with Gasteiger partial charge in [-0.1, -0.05) is 24.9 Å². The lowest BCUT2D eigenvalue weighted by molar-refractivity contribution is -0.150. The number of primary amides is 1. The number of likely N-dealkylation sites (N-methyl/N-ethyl adjacent to an activating group) is 1. The van der Waals surface area contributed by atoms with Crippen LogP contribution in [0.25, 0.3) is 5.76 Å². The molecule has 7 N–H and O–H groups in total. The van der Waals surface area contributed by atoms with E-state index in [2.05, 4.69) is 17.1 Å². The summed E-state index contributed by atoms with van der Waals surface area (Å²) in [4.78, 5) is 41.2. The summed E-state index contributed by atoms with van der Waals surface area (Å²) >= 11 is 6.96. The van der Waals surface area contributed by atoms with Crippen molar-refractivity contribution >= 4 is 34.8 Å². The first-order chi connectivity index (χ1) is 18.5. The summed E-state index contributed by atoms with van der Waals surface area (Å²) in [6, 6.07) is 0.379. The molecule has 1 aromatic carbocycles. The van der Waals surface area contributed by atoms with Crippen LogP contribution in [0.1, 0.15) is 61.8 Å². The van der Waals surface area contributed by atoms with E-state index in [1.807, 2.05) is 0 Å². The van der Waals surface area contributed by atoms with Crippen LogP contribution in [-0.4, -0.2) is 74.6 Å². The molecule has 3 aliphatic carbocycles. The van der Waals surface area contributed by atoms with Gasteiger partial charge < -0.3 is 31.5 Å². The van der Waals surface area contributed by atoms with E-state index in [1.165, 1.54) is 13.1 Å². The second-order valence-electron chi connectivity index (χ2n) is 11.0. The van der Waals surface area contributed by atoms with Crippen molar-refractivity contribution in [2.75, 3.05) is 20.1 Å². The Morgan fingerprint density at radius 2 is 2.00 bits per heavy atom. The van der Waals surface area contributed by atoms with Crippen LogP contribution in [-0.2, 0) is 20.8 Å². The molecule has 5 rings (SSSR count). The molecule has 10 nitrogen and oxygen atoms in total. The van der Waals surface area contributed by atoms with E-state index in [-0.39, 0.29) is 35.8 Å². The fraction of sp³-hybridized carbons (Fsp3) is 0.536. The van der Waals surface area contributed by atoms with Crippen LogP contribution < -0.4 is 11.1 Å². The molecule has 1 heterocycles. The number of carbonyl (C=O) groups is 3. The predicted octanol–water partition coefficient (Wildman–Crippen LogP) is 2.21. The van der Waals surface area contributed by atoms with Crippen molar-refractivity contribution in [3.05, 3.63) is 44.7 Å². The molecule has 1 amide bonds. The standard InChI is InChI=1S/C28H34ClN3O7/c1-3-4-7-32-8-5-6-16(32)13-11-17(33)19-14(21(13)29)9-12-10-15-22(31-2)24(35)20(27(30)38)26(37)28(15,39)25(36)18(12)23(19)34/h11-12,15-16,22,31,33-34,37,39H,3-10H2,1-2H3,(H2,30,38)/t12-,15-,16?,22-,28-/m0/s1. The number of carbonyl (C=O) groups excluding carboxylic acids is 3. The highest BCUT2D eigenvalue weighted by Gasteiger charge is 2.63. The average Bonchev–Trinajstić information content (AvgIpc) is 3.35. The average molecular weight is 560 g/mol. The molecule has 4 aliphatic rings. The van der Waals surface area contributed by atoms with Gasteiger partial charge in [-0.15, -0.1) is 0 Å². The number of fused-ring (bicyclic) bond motifs is 3. The van der Waals surface area contributed by atoms with Gasteiger partial charge >= 0.3 is 0 Å². The normalized spacial score (nSPS) is 30.9. The molecule has 5 atom stereocenters. The molecule has 210 valence electrons. The van der Waals surface area contributed by atoms with Crippen LogP contribution in [0.5, 0.6) is 5.75 Å². The molecule has 0 aromatic heterocycles. The van der Waals surface area contributed by atoms with Gasteiger partial charge in [0.15, 0.2) is 11.4 Å². The van der Waals surface area contributed by atoms with Crippen LogP contribution in [0.4, 0.5) is 0 Å². The van der Waals surface area contributed by atoms with E-state index in [0.29, 0.717) is 10.6 Å². The number of hydrogen-bond acceptors (Lipinski definition) is 9. The minimum atomic E-state index is -2.66.